The van der Waals surface area contributed by atoms with E-state index in [-0.39, 0.29) is 0 Å². The van der Waals surface area contributed by atoms with Crippen LogP contribution in [-0.2, 0) is 13.0 Å². The minimum absolute atomic E-state index is 0.704. The van der Waals surface area contributed by atoms with Crippen molar-refractivity contribution in [1.29, 1.82) is 0 Å². The van der Waals surface area contributed by atoms with Gasteiger partial charge in [0, 0.05) is 31.6 Å². The summed E-state index contributed by atoms with van der Waals surface area (Å²) in [5.41, 5.74) is 6.74. The molecule has 1 rings (SSSR count). The highest BCUT2D eigenvalue weighted by molar-refractivity contribution is 5.16. The van der Waals surface area contributed by atoms with Gasteiger partial charge in [-0.05, 0) is 13.1 Å². The Morgan fingerprint density at radius 3 is 2.92 bits per heavy atom. The molecule has 0 unspecified atom stereocenters. The summed E-state index contributed by atoms with van der Waals surface area (Å²) in [6, 6.07) is 2.03. The Kier molecular flexibility index (Phi) is 3.99. The molecule has 1 heterocycles. The molecule has 3 heteroatoms. The van der Waals surface area contributed by atoms with Gasteiger partial charge in [-0.15, -0.1) is 0 Å². The van der Waals surface area contributed by atoms with Gasteiger partial charge in [0.15, 0.2) is 0 Å². The molecule has 1 aromatic heterocycles. The minimum Gasteiger partial charge on any atom is -0.469 e. The van der Waals surface area contributed by atoms with Gasteiger partial charge in [-0.2, -0.15) is 0 Å². The van der Waals surface area contributed by atoms with Crippen molar-refractivity contribution in [1.82, 2.24) is 4.90 Å². The molecule has 0 bridgehead atoms. The second kappa shape index (κ2) is 5.04. The maximum atomic E-state index is 5.46. The lowest BCUT2D eigenvalue weighted by atomic mass is 10.2. The Morgan fingerprint density at radius 2 is 2.31 bits per heavy atom. The third kappa shape index (κ3) is 2.86. The first-order chi connectivity index (χ1) is 6.27. The largest absolute Gasteiger partial charge is 0.469 e. The summed E-state index contributed by atoms with van der Waals surface area (Å²) in [5.74, 6) is 1.09. The molecule has 0 spiro atoms. The quantitative estimate of drug-likeness (QED) is 0.744. The van der Waals surface area contributed by atoms with Crippen LogP contribution in [0.5, 0.6) is 0 Å². The summed E-state index contributed by atoms with van der Waals surface area (Å²) in [6.45, 7) is 4.66. The predicted octanol–water partition coefficient (Wildman–Crippen LogP) is 1.23. The number of nitrogens with zero attached hydrogens (tertiary/aromatic N) is 1. The lowest BCUT2D eigenvalue weighted by molar-refractivity contribution is 0.332. The van der Waals surface area contributed by atoms with Crippen molar-refractivity contribution in [2.45, 2.75) is 19.9 Å². The van der Waals surface area contributed by atoms with E-state index in [0.29, 0.717) is 6.54 Å². The second-order valence-corrected chi connectivity index (χ2v) is 3.25. The van der Waals surface area contributed by atoms with Crippen LogP contribution in [0.4, 0.5) is 0 Å². The molecule has 2 N–H and O–H groups in total. The molecule has 1 aromatic rings. The van der Waals surface area contributed by atoms with E-state index in [1.807, 2.05) is 6.07 Å². The van der Waals surface area contributed by atoms with Crippen molar-refractivity contribution in [3.8, 4) is 0 Å². The Bertz CT molecular complexity index is 245. The average Bonchev–Trinajstić information content (AvgIpc) is 2.52. The summed E-state index contributed by atoms with van der Waals surface area (Å²) in [5, 5.41) is 0. The highest BCUT2D eigenvalue weighted by atomic mass is 16.3. The van der Waals surface area contributed by atoms with E-state index in [4.69, 9.17) is 10.2 Å². The number of hydrogen-bond acceptors (Lipinski definition) is 3. The van der Waals surface area contributed by atoms with E-state index in [1.165, 1.54) is 5.56 Å². The number of likely N-dealkylation sites (N-methyl/N-ethyl adjacent to an activating group) is 1. The van der Waals surface area contributed by atoms with Gasteiger partial charge < -0.3 is 15.1 Å². The number of nitrogens with two attached hydrogens (primary N) is 1. The molecule has 0 fully saturated rings. The fraction of sp³-hybridized carbons (Fsp3) is 0.600. The summed E-state index contributed by atoms with van der Waals surface area (Å²) in [7, 11) is 2.07. The van der Waals surface area contributed by atoms with Crippen LogP contribution in [0.15, 0.2) is 16.7 Å². The summed E-state index contributed by atoms with van der Waals surface area (Å²) in [6.07, 6.45) is 2.71. The van der Waals surface area contributed by atoms with Gasteiger partial charge in [0.05, 0.1) is 6.26 Å². The molecule has 0 atom stereocenters. The maximum Gasteiger partial charge on any atom is 0.107 e. The highest BCUT2D eigenvalue weighted by Gasteiger charge is 2.06. The van der Waals surface area contributed by atoms with E-state index in [2.05, 4.69) is 18.9 Å². The zero-order chi connectivity index (χ0) is 9.68. The van der Waals surface area contributed by atoms with Crippen molar-refractivity contribution in [2.75, 3.05) is 20.1 Å². The lowest BCUT2D eigenvalue weighted by Gasteiger charge is -2.14. The zero-order valence-electron chi connectivity index (χ0n) is 8.42. The van der Waals surface area contributed by atoms with Crippen LogP contribution in [-0.4, -0.2) is 25.0 Å². The van der Waals surface area contributed by atoms with Gasteiger partial charge in [0.25, 0.3) is 0 Å². The van der Waals surface area contributed by atoms with E-state index >= 15 is 0 Å². The molecule has 0 amide bonds. The molecule has 74 valence electrons. The third-order valence-corrected chi connectivity index (χ3v) is 2.11. The standard InChI is InChI=1S/C10H18N2O/c1-3-10-9(4-7-13-10)8-12(2)6-5-11/h4,7H,3,5-6,8,11H2,1-2H3. The summed E-state index contributed by atoms with van der Waals surface area (Å²) >= 11 is 0. The number of aryl methyl sites for hydroxylation is 1. The second-order valence-electron chi connectivity index (χ2n) is 3.25. The fourth-order valence-corrected chi connectivity index (χ4v) is 1.41. The van der Waals surface area contributed by atoms with Crippen LogP contribution < -0.4 is 5.73 Å². The smallest absolute Gasteiger partial charge is 0.107 e. The van der Waals surface area contributed by atoms with Gasteiger partial charge >= 0.3 is 0 Å². The average molecular weight is 182 g/mol. The molecule has 13 heavy (non-hydrogen) atoms. The summed E-state index contributed by atoms with van der Waals surface area (Å²) in [4.78, 5) is 2.20. The number of furan rings is 1. The first-order valence-corrected chi connectivity index (χ1v) is 4.71. The van der Waals surface area contributed by atoms with E-state index in [0.717, 1.165) is 25.3 Å². The first-order valence-electron chi connectivity index (χ1n) is 4.71. The van der Waals surface area contributed by atoms with Gasteiger partial charge in [0.1, 0.15) is 5.76 Å². The number of rotatable bonds is 5. The molecule has 3 nitrogen and oxygen atoms in total. The Hall–Kier alpha value is -0.800. The minimum atomic E-state index is 0.704. The monoisotopic (exact) mass is 182 g/mol. The van der Waals surface area contributed by atoms with E-state index in [1.54, 1.807) is 6.26 Å². The van der Waals surface area contributed by atoms with E-state index < -0.39 is 0 Å². The SMILES string of the molecule is CCc1occc1CN(C)CCN. The molecule has 0 aliphatic rings. The molecule has 0 aromatic carbocycles. The summed E-state index contributed by atoms with van der Waals surface area (Å²) < 4.78 is 5.33. The molecule has 0 radical (unpaired) electrons. The number of hydrogen-bond donors (Lipinski definition) is 1. The van der Waals surface area contributed by atoms with Crippen LogP contribution in [0.3, 0.4) is 0 Å². The molecule has 0 saturated heterocycles. The molecular formula is C10H18N2O. The van der Waals surface area contributed by atoms with Crippen LogP contribution in [0.25, 0.3) is 0 Å². The van der Waals surface area contributed by atoms with Gasteiger partial charge in [0.2, 0.25) is 0 Å². The Labute approximate surface area is 79.5 Å². The van der Waals surface area contributed by atoms with Crippen molar-refractivity contribution < 1.29 is 4.42 Å². The molecule has 0 saturated carbocycles. The van der Waals surface area contributed by atoms with Gasteiger partial charge in [-0.25, -0.2) is 0 Å². The van der Waals surface area contributed by atoms with Crippen molar-refractivity contribution in [3.05, 3.63) is 23.7 Å². The lowest BCUT2D eigenvalue weighted by Crippen LogP contribution is -2.25. The van der Waals surface area contributed by atoms with E-state index in [9.17, 15) is 0 Å². The van der Waals surface area contributed by atoms with Crippen molar-refractivity contribution >= 4 is 0 Å². The maximum absolute atomic E-state index is 5.46. The van der Waals surface area contributed by atoms with Crippen LogP contribution in [0, 0.1) is 0 Å². The Balaban J connectivity index is 2.52. The molecular weight excluding hydrogens is 164 g/mol. The first kappa shape index (κ1) is 10.3. The van der Waals surface area contributed by atoms with Gasteiger partial charge in [-0.3, -0.25) is 0 Å². The van der Waals surface area contributed by atoms with Crippen LogP contribution >= 0.6 is 0 Å². The zero-order valence-corrected chi connectivity index (χ0v) is 8.42. The van der Waals surface area contributed by atoms with Gasteiger partial charge in [-0.1, -0.05) is 6.92 Å². The normalized spacial score (nSPS) is 11.1. The Morgan fingerprint density at radius 1 is 1.54 bits per heavy atom. The fourth-order valence-electron chi connectivity index (χ4n) is 1.41. The van der Waals surface area contributed by atoms with Crippen LogP contribution in [0.1, 0.15) is 18.2 Å². The third-order valence-electron chi connectivity index (χ3n) is 2.11. The molecule has 0 aliphatic heterocycles. The highest BCUT2D eigenvalue weighted by Crippen LogP contribution is 2.12. The molecule has 0 aliphatic carbocycles. The van der Waals surface area contributed by atoms with Crippen molar-refractivity contribution in [2.24, 2.45) is 5.73 Å². The topological polar surface area (TPSA) is 42.4 Å². The van der Waals surface area contributed by atoms with Crippen molar-refractivity contribution in [3.63, 3.8) is 0 Å². The van der Waals surface area contributed by atoms with Crippen LogP contribution in [0.2, 0.25) is 0 Å². The predicted molar refractivity (Wildman–Crippen MR) is 53.5 cm³/mol.